The van der Waals surface area contributed by atoms with Crippen molar-refractivity contribution in [3.8, 4) is 0 Å². The van der Waals surface area contributed by atoms with Crippen molar-refractivity contribution in [2.45, 2.75) is 100 Å². The molecule has 0 heteroatoms. The molecule has 1 saturated carbocycles. The molecule has 1 fully saturated rings. The number of benzene rings is 6. The highest BCUT2D eigenvalue weighted by molar-refractivity contribution is 5.38. The summed E-state index contributed by atoms with van der Waals surface area (Å²) < 4.78 is 0. The fourth-order valence-corrected chi connectivity index (χ4v) is 5.55. The van der Waals surface area contributed by atoms with Crippen LogP contribution in [0.4, 0.5) is 0 Å². The van der Waals surface area contributed by atoms with Gasteiger partial charge in [0.2, 0.25) is 0 Å². The van der Waals surface area contributed by atoms with Gasteiger partial charge < -0.3 is 0 Å². The number of aryl methyl sites for hydroxylation is 4. The lowest BCUT2D eigenvalue weighted by atomic mass is 9.81. The van der Waals surface area contributed by atoms with Crippen molar-refractivity contribution in [1.82, 2.24) is 0 Å². The summed E-state index contributed by atoms with van der Waals surface area (Å²) >= 11 is 0. The second kappa shape index (κ2) is 32.5. The first-order valence-corrected chi connectivity index (χ1v) is 19.2. The third kappa shape index (κ3) is 21.2. The lowest BCUT2D eigenvalue weighted by molar-refractivity contribution is 0.617. The zero-order chi connectivity index (χ0) is 38.0. The van der Waals surface area contributed by atoms with Gasteiger partial charge in [0, 0.05) is 0 Å². The van der Waals surface area contributed by atoms with Crippen molar-refractivity contribution in [2.75, 3.05) is 0 Å². The van der Waals surface area contributed by atoms with E-state index >= 15 is 0 Å². The van der Waals surface area contributed by atoms with Crippen LogP contribution >= 0.6 is 0 Å². The second-order valence-electron chi connectivity index (χ2n) is 11.5. The standard InChI is InChI=1S/C19H22.2C7H8.2C6H6.3C2H6/c1-14-8-3-5-10-16(14)18-12-7-13-19(18)17-11-6-4-9-15(17)2;2*1-7-5-3-2-4-6-7;2*1-2-4-6-5-3-1;3*1-2/h3-6,8-11,18-19H,7,12-13H2,1-2H3;2*2-6H,1H3;2*1-6H;3*1-2H3/t18-,19-;;;;;;;/m0......./s1. The Bertz CT molecular complexity index is 1370. The Balaban J connectivity index is 0.000000651. The van der Waals surface area contributed by atoms with Crippen molar-refractivity contribution >= 4 is 0 Å². The third-order valence-corrected chi connectivity index (χ3v) is 7.91. The van der Waals surface area contributed by atoms with E-state index in [2.05, 4.69) is 100 Å². The van der Waals surface area contributed by atoms with Gasteiger partial charge in [-0.25, -0.2) is 0 Å². The second-order valence-corrected chi connectivity index (χ2v) is 11.5. The van der Waals surface area contributed by atoms with Gasteiger partial charge in [0.05, 0.1) is 0 Å². The maximum atomic E-state index is 2.33. The molecule has 6 aromatic carbocycles. The van der Waals surface area contributed by atoms with Crippen molar-refractivity contribution in [3.05, 3.63) is 215 Å². The summed E-state index contributed by atoms with van der Waals surface area (Å²) in [6.45, 7) is 20.7. The smallest absolute Gasteiger partial charge is 0.00904 e. The largest absolute Gasteiger partial charge is 0.0683 e. The van der Waals surface area contributed by atoms with Crippen LogP contribution in [0.1, 0.15) is 106 Å². The molecule has 6 aromatic rings. The fourth-order valence-electron chi connectivity index (χ4n) is 5.55. The molecule has 0 saturated heterocycles. The van der Waals surface area contributed by atoms with E-state index in [1.54, 1.807) is 11.1 Å². The maximum Gasteiger partial charge on any atom is -0.00904 e. The van der Waals surface area contributed by atoms with Gasteiger partial charge in [-0.1, -0.05) is 241 Å². The van der Waals surface area contributed by atoms with Crippen molar-refractivity contribution in [2.24, 2.45) is 0 Å². The Morgan fingerprint density at radius 3 is 0.725 bits per heavy atom. The van der Waals surface area contributed by atoms with Gasteiger partial charge in [0.15, 0.2) is 0 Å². The molecule has 0 bridgehead atoms. The van der Waals surface area contributed by atoms with Crippen LogP contribution in [0, 0.1) is 27.7 Å². The van der Waals surface area contributed by atoms with Crippen molar-refractivity contribution in [1.29, 1.82) is 0 Å². The van der Waals surface area contributed by atoms with Gasteiger partial charge in [0.1, 0.15) is 0 Å². The molecule has 0 aromatic heterocycles. The zero-order valence-electron chi connectivity index (χ0n) is 33.6. The predicted molar refractivity (Wildman–Crippen MR) is 231 cm³/mol. The van der Waals surface area contributed by atoms with E-state index in [1.165, 1.54) is 41.5 Å². The van der Waals surface area contributed by atoms with E-state index in [4.69, 9.17) is 0 Å². The molecule has 0 heterocycles. The molecular formula is C51H68. The highest BCUT2D eigenvalue weighted by Gasteiger charge is 2.31. The Kier molecular flexibility index (Phi) is 29.5. The maximum absolute atomic E-state index is 2.33. The summed E-state index contributed by atoms with van der Waals surface area (Å²) in [4.78, 5) is 0. The normalized spacial score (nSPS) is 13.1. The van der Waals surface area contributed by atoms with Crippen LogP contribution in [0.2, 0.25) is 0 Å². The van der Waals surface area contributed by atoms with Gasteiger partial charge in [-0.15, -0.1) is 0 Å². The first kappa shape index (κ1) is 46.3. The molecule has 0 unspecified atom stereocenters. The first-order valence-electron chi connectivity index (χ1n) is 19.2. The Morgan fingerprint density at radius 1 is 0.294 bits per heavy atom. The van der Waals surface area contributed by atoms with Gasteiger partial charge in [-0.3, -0.25) is 0 Å². The van der Waals surface area contributed by atoms with Crippen LogP contribution in [0.3, 0.4) is 0 Å². The molecule has 0 N–H and O–H groups in total. The highest BCUT2D eigenvalue weighted by Crippen LogP contribution is 2.47. The molecule has 2 atom stereocenters. The minimum atomic E-state index is 0.710. The summed E-state index contributed by atoms with van der Waals surface area (Å²) in [5.41, 5.74) is 8.67. The quantitative estimate of drug-likeness (QED) is 0.171. The first-order chi connectivity index (χ1) is 25.1. The molecule has 0 nitrogen and oxygen atoms in total. The highest BCUT2D eigenvalue weighted by atomic mass is 14.3. The molecule has 0 spiro atoms. The molecule has 51 heavy (non-hydrogen) atoms. The van der Waals surface area contributed by atoms with Crippen LogP contribution in [0.5, 0.6) is 0 Å². The minimum Gasteiger partial charge on any atom is -0.0683 e. The number of rotatable bonds is 2. The number of hydrogen-bond acceptors (Lipinski definition) is 0. The lowest BCUT2D eigenvalue weighted by Gasteiger charge is -2.23. The lowest BCUT2D eigenvalue weighted by Crippen LogP contribution is -2.07. The summed E-state index contributed by atoms with van der Waals surface area (Å²) in [6.07, 6.45) is 4.03. The summed E-state index contributed by atoms with van der Waals surface area (Å²) in [7, 11) is 0. The Labute approximate surface area is 314 Å². The minimum absolute atomic E-state index is 0.710. The SMILES string of the molecule is CC.CC.CC.Cc1ccccc1.Cc1ccccc1.Cc1ccccc1[C@@H]1CCC[C@H]1c1ccccc1C.c1ccccc1.c1ccccc1. The van der Waals surface area contributed by atoms with Crippen LogP contribution in [0.15, 0.2) is 182 Å². The van der Waals surface area contributed by atoms with Crippen molar-refractivity contribution < 1.29 is 0 Å². The van der Waals surface area contributed by atoms with E-state index in [-0.39, 0.29) is 0 Å². The molecule has 272 valence electrons. The predicted octanol–water partition coefficient (Wildman–Crippen LogP) is 15.8. The zero-order valence-corrected chi connectivity index (χ0v) is 33.6. The van der Waals surface area contributed by atoms with Gasteiger partial charge in [-0.05, 0) is 74.6 Å². The van der Waals surface area contributed by atoms with E-state index in [0.29, 0.717) is 11.8 Å². The monoisotopic (exact) mass is 681 g/mol. The average Bonchev–Trinajstić information content (AvgIpc) is 3.70. The topological polar surface area (TPSA) is 0 Å². The molecule has 7 rings (SSSR count). The van der Waals surface area contributed by atoms with E-state index in [1.807, 2.05) is 151 Å². The Hall–Kier alpha value is -4.68. The summed E-state index contributed by atoms with van der Waals surface area (Å²) in [5.74, 6) is 1.42. The van der Waals surface area contributed by atoms with Gasteiger partial charge in [-0.2, -0.15) is 0 Å². The number of hydrogen-bond donors (Lipinski definition) is 0. The van der Waals surface area contributed by atoms with Crippen LogP contribution in [-0.2, 0) is 0 Å². The molecule has 1 aliphatic rings. The van der Waals surface area contributed by atoms with E-state index in [0.717, 1.165) is 0 Å². The van der Waals surface area contributed by atoms with Crippen molar-refractivity contribution in [3.63, 3.8) is 0 Å². The van der Waals surface area contributed by atoms with Gasteiger partial charge in [0.25, 0.3) is 0 Å². The fraction of sp³-hybridized carbons (Fsp3) is 0.294. The van der Waals surface area contributed by atoms with E-state index in [9.17, 15) is 0 Å². The van der Waals surface area contributed by atoms with E-state index < -0.39 is 0 Å². The Morgan fingerprint density at radius 2 is 0.510 bits per heavy atom. The van der Waals surface area contributed by atoms with Gasteiger partial charge >= 0.3 is 0 Å². The van der Waals surface area contributed by atoms with Crippen LogP contribution < -0.4 is 0 Å². The molecule has 0 aliphatic heterocycles. The summed E-state index contributed by atoms with van der Waals surface area (Å²) in [5, 5.41) is 0. The molecule has 1 aliphatic carbocycles. The molecular weight excluding hydrogens is 613 g/mol. The average molecular weight is 681 g/mol. The third-order valence-electron chi connectivity index (χ3n) is 7.91. The van der Waals surface area contributed by atoms with Crippen LogP contribution in [0.25, 0.3) is 0 Å². The summed E-state index contributed by atoms with van der Waals surface area (Å²) in [6, 6.07) is 62.4. The molecule has 0 amide bonds. The van der Waals surface area contributed by atoms with Crippen LogP contribution in [-0.4, -0.2) is 0 Å². The molecule has 0 radical (unpaired) electrons.